The van der Waals surface area contributed by atoms with E-state index in [2.05, 4.69) is 18.7 Å². The molecule has 0 heterocycles. The largest absolute Gasteiger partial charge is 0.496 e. The fraction of sp³-hybridized carbons (Fsp3) is 0.200. The quantitative estimate of drug-likeness (QED) is 0.584. The molecule has 0 aromatic rings. The van der Waals surface area contributed by atoms with Crippen molar-refractivity contribution in [3.05, 3.63) is 48.3 Å². The molecule has 0 saturated carbocycles. The highest BCUT2D eigenvalue weighted by Crippen LogP contribution is 2.13. The SMILES string of the molecule is C=CC1=C(OC)C=CCC=C1. The van der Waals surface area contributed by atoms with E-state index in [-0.39, 0.29) is 0 Å². The van der Waals surface area contributed by atoms with Gasteiger partial charge in [0, 0.05) is 5.57 Å². The third kappa shape index (κ3) is 1.84. The monoisotopic (exact) mass is 148 g/mol. The van der Waals surface area contributed by atoms with Gasteiger partial charge >= 0.3 is 0 Å². The predicted molar refractivity (Wildman–Crippen MR) is 47.1 cm³/mol. The minimum Gasteiger partial charge on any atom is -0.496 e. The zero-order valence-electron chi connectivity index (χ0n) is 6.71. The van der Waals surface area contributed by atoms with Crippen molar-refractivity contribution in [2.75, 3.05) is 7.11 Å². The van der Waals surface area contributed by atoms with Gasteiger partial charge in [-0.2, -0.15) is 0 Å². The van der Waals surface area contributed by atoms with Crippen LogP contribution in [0.3, 0.4) is 0 Å². The Morgan fingerprint density at radius 3 is 2.82 bits per heavy atom. The van der Waals surface area contributed by atoms with Gasteiger partial charge in [0.15, 0.2) is 0 Å². The summed E-state index contributed by atoms with van der Waals surface area (Å²) in [6, 6.07) is 0. The zero-order valence-corrected chi connectivity index (χ0v) is 6.71. The Hall–Kier alpha value is -1.24. The van der Waals surface area contributed by atoms with E-state index in [1.54, 1.807) is 13.2 Å². The summed E-state index contributed by atoms with van der Waals surface area (Å²) in [5.41, 5.74) is 1.04. The van der Waals surface area contributed by atoms with Crippen molar-refractivity contribution in [2.24, 2.45) is 0 Å². The highest BCUT2D eigenvalue weighted by molar-refractivity contribution is 5.38. The molecule has 0 radical (unpaired) electrons. The van der Waals surface area contributed by atoms with E-state index >= 15 is 0 Å². The van der Waals surface area contributed by atoms with E-state index in [0.717, 1.165) is 17.8 Å². The lowest BCUT2D eigenvalue weighted by Gasteiger charge is -2.01. The molecule has 58 valence electrons. The predicted octanol–water partition coefficient (Wildman–Crippen LogP) is 2.59. The summed E-state index contributed by atoms with van der Waals surface area (Å²) in [7, 11) is 1.67. The van der Waals surface area contributed by atoms with Crippen molar-refractivity contribution in [3.63, 3.8) is 0 Å². The van der Waals surface area contributed by atoms with E-state index in [1.165, 1.54) is 0 Å². The molecule has 0 spiro atoms. The summed E-state index contributed by atoms with van der Waals surface area (Å²) in [5, 5.41) is 0. The number of allylic oxidation sites excluding steroid dienone is 6. The Morgan fingerprint density at radius 1 is 1.45 bits per heavy atom. The van der Waals surface area contributed by atoms with Gasteiger partial charge in [-0.15, -0.1) is 0 Å². The molecule has 1 aliphatic rings. The minimum atomic E-state index is 0.883. The molecular formula is C10H12O. The lowest BCUT2D eigenvalue weighted by Crippen LogP contribution is -1.85. The van der Waals surface area contributed by atoms with Gasteiger partial charge in [0.1, 0.15) is 5.76 Å². The number of hydrogen-bond acceptors (Lipinski definition) is 1. The van der Waals surface area contributed by atoms with Gasteiger partial charge in [0.05, 0.1) is 7.11 Å². The van der Waals surface area contributed by atoms with Crippen LogP contribution in [0, 0.1) is 0 Å². The van der Waals surface area contributed by atoms with Crippen molar-refractivity contribution in [1.82, 2.24) is 0 Å². The normalized spacial score (nSPS) is 16.5. The van der Waals surface area contributed by atoms with Gasteiger partial charge in [-0.3, -0.25) is 0 Å². The second-order valence-corrected chi connectivity index (χ2v) is 2.27. The van der Waals surface area contributed by atoms with Gasteiger partial charge in [-0.05, 0) is 12.5 Å². The van der Waals surface area contributed by atoms with Crippen LogP contribution in [0.5, 0.6) is 0 Å². The Labute approximate surface area is 67.4 Å². The van der Waals surface area contributed by atoms with Gasteiger partial charge in [-0.1, -0.05) is 30.9 Å². The summed E-state index contributed by atoms with van der Waals surface area (Å²) in [5.74, 6) is 0.883. The fourth-order valence-corrected chi connectivity index (χ4v) is 0.982. The third-order valence-corrected chi connectivity index (χ3v) is 1.56. The molecule has 0 N–H and O–H groups in total. The zero-order chi connectivity index (χ0) is 8.10. The molecule has 0 bridgehead atoms. The standard InChI is InChI=1S/C10H12O/c1-3-9-7-5-4-6-8-10(9)11-2/h3,5-8H,1,4H2,2H3. The van der Waals surface area contributed by atoms with Crippen molar-refractivity contribution >= 4 is 0 Å². The molecule has 0 aromatic heterocycles. The van der Waals surface area contributed by atoms with Crippen LogP contribution in [0.1, 0.15) is 6.42 Å². The summed E-state index contributed by atoms with van der Waals surface area (Å²) in [4.78, 5) is 0. The maximum atomic E-state index is 5.14. The third-order valence-electron chi connectivity index (χ3n) is 1.56. The maximum absolute atomic E-state index is 5.14. The molecule has 0 amide bonds. The number of rotatable bonds is 2. The Balaban J connectivity index is 2.99. The molecule has 0 saturated heterocycles. The summed E-state index contributed by atoms with van der Waals surface area (Å²) < 4.78 is 5.14. The Morgan fingerprint density at radius 2 is 2.18 bits per heavy atom. The molecule has 0 fully saturated rings. The number of ether oxygens (including phenoxy) is 1. The van der Waals surface area contributed by atoms with Crippen LogP contribution in [0.4, 0.5) is 0 Å². The van der Waals surface area contributed by atoms with Crippen LogP contribution in [0.25, 0.3) is 0 Å². The first kappa shape index (κ1) is 7.86. The highest BCUT2D eigenvalue weighted by Gasteiger charge is 1.98. The van der Waals surface area contributed by atoms with E-state index in [9.17, 15) is 0 Å². The molecule has 0 aromatic carbocycles. The van der Waals surface area contributed by atoms with Crippen LogP contribution < -0.4 is 0 Å². The van der Waals surface area contributed by atoms with E-state index in [4.69, 9.17) is 4.74 Å². The molecule has 1 rings (SSSR count). The van der Waals surface area contributed by atoms with Crippen molar-refractivity contribution in [3.8, 4) is 0 Å². The Bertz CT molecular complexity index is 231. The molecular weight excluding hydrogens is 136 g/mol. The van der Waals surface area contributed by atoms with Crippen LogP contribution >= 0.6 is 0 Å². The molecule has 1 heteroatoms. The average molecular weight is 148 g/mol. The summed E-state index contributed by atoms with van der Waals surface area (Å²) in [6.07, 6.45) is 10.9. The van der Waals surface area contributed by atoms with Gasteiger partial charge in [-0.25, -0.2) is 0 Å². The van der Waals surface area contributed by atoms with Crippen LogP contribution in [-0.4, -0.2) is 7.11 Å². The number of methoxy groups -OCH3 is 1. The molecule has 0 atom stereocenters. The van der Waals surface area contributed by atoms with Gasteiger partial charge in [0.2, 0.25) is 0 Å². The lowest BCUT2D eigenvalue weighted by atomic mass is 10.2. The van der Waals surface area contributed by atoms with Crippen LogP contribution in [0.2, 0.25) is 0 Å². The maximum Gasteiger partial charge on any atom is 0.125 e. The molecule has 1 aliphatic carbocycles. The topological polar surface area (TPSA) is 9.23 Å². The van der Waals surface area contributed by atoms with Crippen LogP contribution in [-0.2, 0) is 4.74 Å². The first-order chi connectivity index (χ1) is 5.38. The highest BCUT2D eigenvalue weighted by atomic mass is 16.5. The first-order valence-corrected chi connectivity index (χ1v) is 3.62. The summed E-state index contributed by atoms with van der Waals surface area (Å²) in [6.45, 7) is 3.70. The van der Waals surface area contributed by atoms with E-state index in [1.807, 2.05) is 12.2 Å². The average Bonchev–Trinajstić information content (AvgIpc) is 2.27. The van der Waals surface area contributed by atoms with Crippen molar-refractivity contribution in [2.45, 2.75) is 6.42 Å². The molecule has 0 aliphatic heterocycles. The second-order valence-electron chi connectivity index (χ2n) is 2.27. The molecule has 11 heavy (non-hydrogen) atoms. The van der Waals surface area contributed by atoms with E-state index < -0.39 is 0 Å². The minimum absolute atomic E-state index is 0.883. The smallest absolute Gasteiger partial charge is 0.125 e. The first-order valence-electron chi connectivity index (χ1n) is 3.62. The fourth-order valence-electron chi connectivity index (χ4n) is 0.982. The summed E-state index contributed by atoms with van der Waals surface area (Å²) >= 11 is 0. The van der Waals surface area contributed by atoms with Gasteiger partial charge in [0.25, 0.3) is 0 Å². The number of hydrogen-bond donors (Lipinski definition) is 0. The van der Waals surface area contributed by atoms with Crippen molar-refractivity contribution < 1.29 is 4.74 Å². The van der Waals surface area contributed by atoms with E-state index in [0.29, 0.717) is 0 Å². The van der Waals surface area contributed by atoms with Crippen LogP contribution in [0.15, 0.2) is 48.3 Å². The van der Waals surface area contributed by atoms with Crippen molar-refractivity contribution in [1.29, 1.82) is 0 Å². The Kier molecular flexibility index (Phi) is 2.73. The second kappa shape index (κ2) is 3.81. The molecule has 0 unspecified atom stereocenters. The lowest BCUT2D eigenvalue weighted by molar-refractivity contribution is 0.304. The van der Waals surface area contributed by atoms with Gasteiger partial charge < -0.3 is 4.74 Å². The molecule has 1 nitrogen and oxygen atoms in total.